The average Bonchev–Trinajstić information content (AvgIpc) is 2.42. The summed E-state index contributed by atoms with van der Waals surface area (Å²) < 4.78 is 30.2. The van der Waals surface area contributed by atoms with Crippen molar-refractivity contribution in [3.05, 3.63) is 53.8 Å². The number of methoxy groups -OCH3 is 1. The number of rotatable bonds is 4. The molecule has 19 heavy (non-hydrogen) atoms. The van der Waals surface area contributed by atoms with Crippen LogP contribution in [0.2, 0.25) is 0 Å². The van der Waals surface area contributed by atoms with Gasteiger partial charge in [0.15, 0.2) is 0 Å². The number of hydrogen-bond donors (Lipinski definition) is 1. The van der Waals surface area contributed by atoms with Crippen molar-refractivity contribution in [3.8, 4) is 5.75 Å². The van der Waals surface area contributed by atoms with Crippen LogP contribution < -0.4 is 10.5 Å². The van der Waals surface area contributed by atoms with E-state index in [0.29, 0.717) is 16.3 Å². The molecule has 0 saturated carbocycles. The maximum atomic E-state index is 12.8. The minimum absolute atomic E-state index is 0.289. The van der Waals surface area contributed by atoms with Crippen molar-refractivity contribution < 1.29 is 13.3 Å². The van der Waals surface area contributed by atoms with E-state index in [1.807, 2.05) is 0 Å². The molecule has 0 aliphatic heterocycles. The monoisotopic (exact) mass is 279 g/mol. The summed E-state index contributed by atoms with van der Waals surface area (Å²) in [5.41, 5.74) is 7.07. The first-order valence-electron chi connectivity index (χ1n) is 5.66. The number of nitrogens with two attached hydrogens (primary N) is 1. The minimum atomic E-state index is -1.29. The van der Waals surface area contributed by atoms with Crippen molar-refractivity contribution in [2.75, 3.05) is 12.8 Å². The van der Waals surface area contributed by atoms with Crippen molar-refractivity contribution in [3.63, 3.8) is 0 Å². The van der Waals surface area contributed by atoms with Gasteiger partial charge in [-0.3, -0.25) is 4.21 Å². The quantitative estimate of drug-likeness (QED) is 0.875. The van der Waals surface area contributed by atoms with Crippen molar-refractivity contribution in [1.82, 2.24) is 0 Å². The second-order valence-corrected chi connectivity index (χ2v) is 5.44. The first-order valence-corrected chi connectivity index (χ1v) is 6.98. The lowest BCUT2D eigenvalue weighted by molar-refractivity contribution is 0.413. The summed E-state index contributed by atoms with van der Waals surface area (Å²) in [4.78, 5) is 0.531. The lowest BCUT2D eigenvalue weighted by Crippen LogP contribution is -2.01. The third-order valence-corrected chi connectivity index (χ3v) is 4.12. The zero-order valence-corrected chi connectivity index (χ0v) is 11.2. The normalized spacial score (nSPS) is 12.1. The van der Waals surface area contributed by atoms with E-state index in [1.54, 1.807) is 30.3 Å². The summed E-state index contributed by atoms with van der Waals surface area (Å²) in [5.74, 6) is 0.588. The van der Waals surface area contributed by atoms with Crippen LogP contribution in [0.1, 0.15) is 5.56 Å². The van der Waals surface area contributed by atoms with Gasteiger partial charge in [-0.1, -0.05) is 12.1 Å². The highest BCUT2D eigenvalue weighted by molar-refractivity contribution is 7.84. The van der Waals surface area contributed by atoms with E-state index >= 15 is 0 Å². The van der Waals surface area contributed by atoms with E-state index < -0.39 is 10.8 Å². The Hall–Kier alpha value is -1.88. The molecule has 0 fully saturated rings. The maximum absolute atomic E-state index is 12.8. The standard InChI is InChI=1S/C14H14FNO2S/c1-18-12-6-7-13(16)14(8-12)19(17)9-10-2-4-11(15)5-3-10/h2-8H,9,16H2,1H3. The zero-order valence-electron chi connectivity index (χ0n) is 10.4. The summed E-state index contributed by atoms with van der Waals surface area (Å²) in [6.07, 6.45) is 0. The SMILES string of the molecule is COc1ccc(N)c(S(=O)Cc2ccc(F)cc2)c1. The number of benzene rings is 2. The van der Waals surface area contributed by atoms with Crippen LogP contribution in [0.5, 0.6) is 5.75 Å². The molecule has 0 radical (unpaired) electrons. The molecule has 1 atom stereocenters. The van der Waals surface area contributed by atoms with Crippen LogP contribution >= 0.6 is 0 Å². The van der Waals surface area contributed by atoms with Gasteiger partial charge in [-0.05, 0) is 35.9 Å². The Kier molecular flexibility index (Phi) is 4.16. The van der Waals surface area contributed by atoms with Crippen LogP contribution in [-0.2, 0) is 16.6 Å². The molecule has 0 bridgehead atoms. The summed E-state index contributed by atoms with van der Waals surface area (Å²) in [5, 5.41) is 0. The molecule has 1 unspecified atom stereocenters. The number of hydrogen-bond acceptors (Lipinski definition) is 3. The molecular formula is C14H14FNO2S. The Balaban J connectivity index is 2.22. The molecule has 0 aliphatic carbocycles. The number of ether oxygens (including phenoxy) is 1. The fourth-order valence-electron chi connectivity index (χ4n) is 1.65. The van der Waals surface area contributed by atoms with Crippen molar-refractivity contribution in [1.29, 1.82) is 0 Å². The van der Waals surface area contributed by atoms with E-state index in [1.165, 1.54) is 19.2 Å². The van der Waals surface area contributed by atoms with Crippen molar-refractivity contribution in [2.45, 2.75) is 10.6 Å². The van der Waals surface area contributed by atoms with Crippen LogP contribution in [0.25, 0.3) is 0 Å². The zero-order chi connectivity index (χ0) is 13.8. The highest BCUT2D eigenvalue weighted by Gasteiger charge is 2.10. The molecule has 2 N–H and O–H groups in total. The fourth-order valence-corrected chi connectivity index (χ4v) is 2.88. The molecule has 100 valence electrons. The molecule has 0 aliphatic rings. The summed E-state index contributed by atoms with van der Waals surface area (Å²) in [6, 6.07) is 11.0. The van der Waals surface area contributed by atoms with E-state index in [9.17, 15) is 8.60 Å². The Morgan fingerprint density at radius 3 is 2.53 bits per heavy atom. The average molecular weight is 279 g/mol. The van der Waals surface area contributed by atoms with E-state index in [4.69, 9.17) is 10.5 Å². The van der Waals surface area contributed by atoms with Crippen LogP contribution in [0, 0.1) is 5.82 Å². The number of nitrogen functional groups attached to an aromatic ring is 1. The molecule has 0 spiro atoms. The highest BCUT2D eigenvalue weighted by Crippen LogP contribution is 2.24. The predicted octanol–water partition coefficient (Wildman–Crippen LogP) is 2.72. The first kappa shape index (κ1) is 13.5. The molecule has 3 nitrogen and oxygen atoms in total. The second kappa shape index (κ2) is 5.84. The van der Waals surface area contributed by atoms with Gasteiger partial charge in [0.25, 0.3) is 0 Å². The number of anilines is 1. The summed E-state index contributed by atoms with van der Waals surface area (Å²) in [6.45, 7) is 0. The minimum Gasteiger partial charge on any atom is -0.497 e. The fraction of sp³-hybridized carbons (Fsp3) is 0.143. The van der Waals surface area contributed by atoms with E-state index in [-0.39, 0.29) is 11.6 Å². The molecule has 0 saturated heterocycles. The lowest BCUT2D eigenvalue weighted by atomic mass is 10.2. The molecule has 2 aromatic rings. The van der Waals surface area contributed by atoms with Gasteiger partial charge in [-0.2, -0.15) is 0 Å². The van der Waals surface area contributed by atoms with Crippen molar-refractivity contribution >= 4 is 16.5 Å². The Morgan fingerprint density at radius 2 is 1.89 bits per heavy atom. The van der Waals surface area contributed by atoms with Gasteiger partial charge < -0.3 is 10.5 Å². The maximum Gasteiger partial charge on any atom is 0.123 e. The molecule has 2 rings (SSSR count). The summed E-state index contributed by atoms with van der Waals surface area (Å²) in [7, 11) is 0.248. The van der Waals surface area contributed by atoms with Crippen LogP contribution in [-0.4, -0.2) is 11.3 Å². The predicted molar refractivity (Wildman–Crippen MR) is 73.9 cm³/mol. The lowest BCUT2D eigenvalue weighted by Gasteiger charge is -2.08. The van der Waals surface area contributed by atoms with Gasteiger partial charge in [0.05, 0.1) is 28.6 Å². The number of halogens is 1. The Morgan fingerprint density at radius 1 is 1.21 bits per heavy atom. The Labute approximate surface area is 113 Å². The molecule has 0 aromatic heterocycles. The first-order chi connectivity index (χ1) is 9.10. The van der Waals surface area contributed by atoms with Gasteiger partial charge in [0, 0.05) is 5.69 Å². The van der Waals surface area contributed by atoms with Gasteiger partial charge in [0.2, 0.25) is 0 Å². The third kappa shape index (κ3) is 3.32. The van der Waals surface area contributed by atoms with Crippen LogP contribution in [0.15, 0.2) is 47.4 Å². The smallest absolute Gasteiger partial charge is 0.123 e. The molecule has 5 heteroatoms. The van der Waals surface area contributed by atoms with Crippen molar-refractivity contribution in [2.24, 2.45) is 0 Å². The van der Waals surface area contributed by atoms with Crippen LogP contribution in [0.4, 0.5) is 10.1 Å². The third-order valence-electron chi connectivity index (χ3n) is 2.68. The highest BCUT2D eigenvalue weighted by atomic mass is 32.2. The molecule has 0 heterocycles. The molecule has 0 amide bonds. The second-order valence-electron chi connectivity index (χ2n) is 4.02. The Bertz CT molecular complexity index is 599. The van der Waals surface area contributed by atoms with E-state index in [2.05, 4.69) is 0 Å². The van der Waals surface area contributed by atoms with Gasteiger partial charge in [-0.25, -0.2) is 4.39 Å². The summed E-state index contributed by atoms with van der Waals surface area (Å²) >= 11 is 0. The molecule has 2 aromatic carbocycles. The molecular weight excluding hydrogens is 265 g/mol. The van der Waals surface area contributed by atoms with Gasteiger partial charge >= 0.3 is 0 Å². The van der Waals surface area contributed by atoms with Crippen LogP contribution in [0.3, 0.4) is 0 Å². The largest absolute Gasteiger partial charge is 0.497 e. The van der Waals surface area contributed by atoms with E-state index in [0.717, 1.165) is 5.56 Å². The van der Waals surface area contributed by atoms with Gasteiger partial charge in [-0.15, -0.1) is 0 Å². The topological polar surface area (TPSA) is 52.3 Å². The van der Waals surface area contributed by atoms with Gasteiger partial charge in [0.1, 0.15) is 11.6 Å².